The van der Waals surface area contributed by atoms with Gasteiger partial charge < -0.3 is 0 Å². The third-order valence-electron chi connectivity index (χ3n) is 2.83. The lowest BCUT2D eigenvalue weighted by Crippen LogP contribution is -2.29. The largest absolute Gasteiger partial charge is 0.244 e. The molecule has 0 saturated heterocycles. The Hall–Kier alpha value is -0.430. The first-order valence-corrected chi connectivity index (χ1v) is 7.78. The van der Waals surface area contributed by atoms with Gasteiger partial charge in [-0.3, -0.25) is 0 Å². The van der Waals surface area contributed by atoms with Crippen molar-refractivity contribution >= 4 is 47.4 Å². The molecule has 0 aliphatic carbocycles. The Kier molecular flexibility index (Phi) is 2.20. The third-order valence-corrected chi connectivity index (χ3v) is 6.49. The topological polar surface area (TPSA) is 37.4 Å². The van der Waals surface area contributed by atoms with Gasteiger partial charge in [0.05, 0.1) is 0 Å². The van der Waals surface area contributed by atoms with Crippen LogP contribution in [0.15, 0.2) is 26.9 Å². The molecule has 0 spiro atoms. The SMILES string of the molecule is CN1Cc2c(Br)ccc3scc(c23)S1(=O)=O. The molecule has 0 atom stereocenters. The fourth-order valence-electron chi connectivity index (χ4n) is 1.97. The van der Waals surface area contributed by atoms with E-state index in [4.69, 9.17) is 0 Å². The minimum Gasteiger partial charge on any atom is -0.207 e. The molecule has 2 aromatic rings. The van der Waals surface area contributed by atoms with Crippen LogP contribution in [0.4, 0.5) is 0 Å². The maximum Gasteiger partial charge on any atom is 0.244 e. The summed E-state index contributed by atoms with van der Waals surface area (Å²) in [6, 6.07) is 3.93. The number of hydrogen-bond acceptors (Lipinski definition) is 3. The molecule has 0 unspecified atom stereocenters. The highest BCUT2D eigenvalue weighted by Crippen LogP contribution is 2.40. The quantitative estimate of drug-likeness (QED) is 0.749. The Morgan fingerprint density at radius 3 is 2.94 bits per heavy atom. The monoisotopic (exact) mass is 317 g/mol. The lowest BCUT2D eigenvalue weighted by molar-refractivity contribution is 0.463. The number of sulfonamides is 1. The van der Waals surface area contributed by atoms with Gasteiger partial charge in [0, 0.05) is 33.5 Å². The van der Waals surface area contributed by atoms with Crippen LogP contribution in [-0.4, -0.2) is 19.8 Å². The molecule has 1 aromatic heterocycles. The maximum atomic E-state index is 12.1. The third kappa shape index (κ3) is 1.24. The second-order valence-electron chi connectivity index (χ2n) is 3.76. The minimum absolute atomic E-state index is 0.435. The van der Waals surface area contributed by atoms with Crippen molar-refractivity contribution < 1.29 is 8.42 Å². The molecule has 0 radical (unpaired) electrons. The van der Waals surface area contributed by atoms with E-state index in [0.29, 0.717) is 11.4 Å². The number of halogens is 1. The van der Waals surface area contributed by atoms with Crippen LogP contribution in [0.3, 0.4) is 0 Å². The number of thiophene rings is 1. The molecule has 3 rings (SSSR count). The molecule has 0 bridgehead atoms. The first-order chi connectivity index (χ1) is 7.51. The van der Waals surface area contributed by atoms with E-state index in [1.165, 1.54) is 15.6 Å². The Balaban J connectivity index is 2.54. The molecular formula is C10H8BrNO2S2. The number of rotatable bonds is 0. The fourth-order valence-corrected chi connectivity index (χ4v) is 5.09. The van der Waals surface area contributed by atoms with E-state index in [0.717, 1.165) is 20.1 Å². The first-order valence-electron chi connectivity index (χ1n) is 4.67. The normalized spacial score (nSPS) is 19.1. The average molecular weight is 318 g/mol. The summed E-state index contributed by atoms with van der Waals surface area (Å²) in [5.74, 6) is 0. The molecule has 1 aliphatic rings. The molecule has 3 nitrogen and oxygen atoms in total. The van der Waals surface area contributed by atoms with Gasteiger partial charge in [-0.05, 0) is 17.7 Å². The Labute approximate surface area is 106 Å². The van der Waals surface area contributed by atoms with Crippen LogP contribution >= 0.6 is 27.3 Å². The molecule has 0 saturated carbocycles. The fraction of sp³-hybridized carbons (Fsp3) is 0.200. The lowest BCUT2D eigenvalue weighted by Gasteiger charge is -2.23. The summed E-state index contributed by atoms with van der Waals surface area (Å²) in [6.45, 7) is 0.435. The molecule has 6 heteroatoms. The van der Waals surface area contributed by atoms with Crippen LogP contribution in [0.2, 0.25) is 0 Å². The first kappa shape index (κ1) is 10.7. The summed E-state index contributed by atoms with van der Waals surface area (Å²) in [6.07, 6.45) is 0. The Morgan fingerprint density at radius 1 is 1.44 bits per heavy atom. The molecule has 0 fully saturated rings. The van der Waals surface area contributed by atoms with Gasteiger partial charge in [-0.25, -0.2) is 8.42 Å². The Bertz CT molecular complexity index is 690. The molecular weight excluding hydrogens is 310 g/mol. The van der Waals surface area contributed by atoms with E-state index in [1.807, 2.05) is 12.1 Å². The van der Waals surface area contributed by atoms with Gasteiger partial charge in [0.2, 0.25) is 10.0 Å². The predicted molar refractivity (Wildman–Crippen MR) is 68.2 cm³/mol. The zero-order chi connectivity index (χ0) is 11.5. The van der Waals surface area contributed by atoms with Gasteiger partial charge in [-0.1, -0.05) is 15.9 Å². The molecule has 1 aromatic carbocycles. The van der Waals surface area contributed by atoms with Crippen molar-refractivity contribution in [2.45, 2.75) is 11.4 Å². The molecule has 1 aliphatic heterocycles. The maximum absolute atomic E-state index is 12.1. The molecule has 0 N–H and O–H groups in total. The lowest BCUT2D eigenvalue weighted by atomic mass is 10.1. The summed E-state index contributed by atoms with van der Waals surface area (Å²) in [7, 11) is -1.67. The summed E-state index contributed by atoms with van der Waals surface area (Å²) in [5, 5.41) is 2.61. The number of nitrogens with zero attached hydrogens (tertiary/aromatic N) is 1. The van der Waals surface area contributed by atoms with Crippen molar-refractivity contribution in [2.75, 3.05) is 7.05 Å². The van der Waals surface area contributed by atoms with E-state index in [-0.39, 0.29) is 0 Å². The zero-order valence-electron chi connectivity index (χ0n) is 8.40. The zero-order valence-corrected chi connectivity index (χ0v) is 11.6. The van der Waals surface area contributed by atoms with Crippen molar-refractivity contribution in [3.05, 3.63) is 27.5 Å². The van der Waals surface area contributed by atoms with Crippen LogP contribution in [0.1, 0.15) is 5.56 Å². The van der Waals surface area contributed by atoms with Gasteiger partial charge in [0.1, 0.15) is 4.90 Å². The number of benzene rings is 1. The van der Waals surface area contributed by atoms with Crippen LogP contribution in [0, 0.1) is 0 Å². The van der Waals surface area contributed by atoms with Gasteiger partial charge in [0.15, 0.2) is 0 Å². The average Bonchev–Trinajstić information content (AvgIpc) is 2.65. The van der Waals surface area contributed by atoms with Crippen LogP contribution in [0.25, 0.3) is 10.1 Å². The van der Waals surface area contributed by atoms with Gasteiger partial charge in [0.25, 0.3) is 0 Å². The molecule has 16 heavy (non-hydrogen) atoms. The van der Waals surface area contributed by atoms with Crippen LogP contribution in [0.5, 0.6) is 0 Å². The highest BCUT2D eigenvalue weighted by atomic mass is 79.9. The molecule has 84 valence electrons. The second-order valence-corrected chi connectivity index (χ2v) is 7.54. The molecule has 0 amide bonds. The summed E-state index contributed by atoms with van der Waals surface area (Å²) in [4.78, 5) is 0.442. The van der Waals surface area contributed by atoms with Gasteiger partial charge in [-0.2, -0.15) is 4.31 Å². The van der Waals surface area contributed by atoms with E-state index in [9.17, 15) is 8.42 Å². The van der Waals surface area contributed by atoms with Crippen LogP contribution in [-0.2, 0) is 16.6 Å². The van der Waals surface area contributed by atoms with E-state index in [2.05, 4.69) is 15.9 Å². The van der Waals surface area contributed by atoms with Crippen molar-refractivity contribution in [3.8, 4) is 0 Å². The van der Waals surface area contributed by atoms with Gasteiger partial charge in [-0.15, -0.1) is 11.3 Å². The Morgan fingerprint density at radius 2 is 2.19 bits per heavy atom. The van der Waals surface area contributed by atoms with Crippen molar-refractivity contribution in [3.63, 3.8) is 0 Å². The summed E-state index contributed by atoms with van der Waals surface area (Å²) >= 11 is 4.96. The summed E-state index contributed by atoms with van der Waals surface area (Å²) < 4.78 is 27.6. The number of hydrogen-bond donors (Lipinski definition) is 0. The smallest absolute Gasteiger partial charge is 0.207 e. The predicted octanol–water partition coefficient (Wildman–Crippen LogP) is 2.80. The van der Waals surface area contributed by atoms with Crippen molar-refractivity contribution in [1.82, 2.24) is 4.31 Å². The van der Waals surface area contributed by atoms with Crippen molar-refractivity contribution in [1.29, 1.82) is 0 Å². The highest BCUT2D eigenvalue weighted by Gasteiger charge is 2.31. The summed E-state index contributed by atoms with van der Waals surface area (Å²) in [5.41, 5.74) is 1.06. The molecule has 2 heterocycles. The van der Waals surface area contributed by atoms with E-state index >= 15 is 0 Å². The van der Waals surface area contributed by atoms with E-state index in [1.54, 1.807) is 12.4 Å². The van der Waals surface area contributed by atoms with Crippen molar-refractivity contribution in [2.24, 2.45) is 0 Å². The van der Waals surface area contributed by atoms with E-state index < -0.39 is 10.0 Å². The van der Waals surface area contributed by atoms with Gasteiger partial charge >= 0.3 is 0 Å². The minimum atomic E-state index is -3.28. The standard InChI is InChI=1S/C10H8BrNO2S2/c1-12-4-6-7(11)2-3-8-10(6)9(5-15-8)16(12,13)14/h2-3,5H,4H2,1H3. The van der Waals surface area contributed by atoms with Crippen LogP contribution < -0.4 is 0 Å². The second kappa shape index (κ2) is 3.29. The highest BCUT2D eigenvalue weighted by molar-refractivity contribution is 9.10.